The van der Waals surface area contributed by atoms with Crippen LogP contribution in [0, 0.1) is 0 Å². The molecule has 1 aromatic rings. The highest BCUT2D eigenvalue weighted by Crippen LogP contribution is 2.31. The van der Waals surface area contributed by atoms with Crippen molar-refractivity contribution >= 4 is 17.4 Å². The third-order valence-electron chi connectivity index (χ3n) is 4.23. The lowest BCUT2D eigenvalue weighted by molar-refractivity contribution is 0.273. The molecule has 0 aliphatic carbocycles. The number of hydrogen-bond donors (Lipinski definition) is 0. The SMILES string of the molecule is CSc1ccccc1N1CCCN2CCCC2C1. The molecule has 18 heavy (non-hydrogen) atoms. The van der Waals surface area contributed by atoms with Crippen LogP contribution in [0.1, 0.15) is 19.3 Å². The van der Waals surface area contributed by atoms with Crippen molar-refractivity contribution in [3.05, 3.63) is 24.3 Å². The molecule has 3 heteroatoms. The standard InChI is InChI=1S/C15H22N2S/c1-18-15-8-3-2-7-14(15)17-11-5-10-16-9-4-6-13(16)12-17/h2-3,7-8,13H,4-6,9-12H2,1H3. The van der Waals surface area contributed by atoms with Crippen molar-refractivity contribution in [1.82, 2.24) is 4.90 Å². The van der Waals surface area contributed by atoms with Gasteiger partial charge in [-0.15, -0.1) is 11.8 Å². The summed E-state index contributed by atoms with van der Waals surface area (Å²) >= 11 is 1.87. The summed E-state index contributed by atoms with van der Waals surface area (Å²) < 4.78 is 0. The van der Waals surface area contributed by atoms with Gasteiger partial charge < -0.3 is 4.90 Å². The first-order valence-corrected chi connectivity index (χ1v) is 8.23. The number of hydrogen-bond acceptors (Lipinski definition) is 3. The maximum Gasteiger partial charge on any atom is 0.0504 e. The predicted octanol–water partition coefficient (Wildman–Crippen LogP) is 3.08. The molecule has 2 nitrogen and oxygen atoms in total. The van der Waals surface area contributed by atoms with Crippen LogP contribution in [0.25, 0.3) is 0 Å². The van der Waals surface area contributed by atoms with Gasteiger partial charge in [-0.2, -0.15) is 0 Å². The highest BCUT2D eigenvalue weighted by molar-refractivity contribution is 7.98. The van der Waals surface area contributed by atoms with Gasteiger partial charge in [0, 0.05) is 30.6 Å². The molecule has 0 radical (unpaired) electrons. The molecule has 0 saturated carbocycles. The van der Waals surface area contributed by atoms with Crippen LogP contribution in [0.2, 0.25) is 0 Å². The first kappa shape index (κ1) is 12.4. The smallest absolute Gasteiger partial charge is 0.0504 e. The number of fused-ring (bicyclic) bond motifs is 1. The Morgan fingerprint density at radius 1 is 1.11 bits per heavy atom. The van der Waals surface area contributed by atoms with E-state index < -0.39 is 0 Å². The first-order chi connectivity index (χ1) is 8.88. The Labute approximate surface area is 114 Å². The van der Waals surface area contributed by atoms with Crippen molar-refractivity contribution in [2.24, 2.45) is 0 Å². The van der Waals surface area contributed by atoms with E-state index in [-0.39, 0.29) is 0 Å². The molecule has 2 fully saturated rings. The maximum atomic E-state index is 2.70. The van der Waals surface area contributed by atoms with Crippen LogP contribution < -0.4 is 4.90 Å². The van der Waals surface area contributed by atoms with Crippen molar-refractivity contribution in [3.63, 3.8) is 0 Å². The van der Waals surface area contributed by atoms with E-state index >= 15 is 0 Å². The van der Waals surface area contributed by atoms with Gasteiger partial charge in [0.1, 0.15) is 0 Å². The van der Waals surface area contributed by atoms with Gasteiger partial charge in [0.05, 0.1) is 5.69 Å². The third kappa shape index (κ3) is 2.39. The zero-order valence-corrected chi connectivity index (χ0v) is 12.0. The number of thioether (sulfide) groups is 1. The molecule has 2 aliphatic heterocycles. The molecule has 1 aromatic carbocycles. The lowest BCUT2D eigenvalue weighted by Crippen LogP contribution is -2.36. The Morgan fingerprint density at radius 3 is 2.83 bits per heavy atom. The Balaban J connectivity index is 1.82. The largest absolute Gasteiger partial charge is 0.369 e. The molecule has 3 rings (SSSR count). The summed E-state index contributed by atoms with van der Waals surface area (Å²) in [6.45, 7) is 5.05. The summed E-state index contributed by atoms with van der Waals surface area (Å²) in [4.78, 5) is 6.73. The molecule has 1 unspecified atom stereocenters. The predicted molar refractivity (Wildman–Crippen MR) is 79.6 cm³/mol. The van der Waals surface area contributed by atoms with Crippen molar-refractivity contribution in [2.45, 2.75) is 30.2 Å². The van der Waals surface area contributed by atoms with Gasteiger partial charge in [0.15, 0.2) is 0 Å². The normalized spacial score (nSPS) is 24.9. The quantitative estimate of drug-likeness (QED) is 0.756. The lowest BCUT2D eigenvalue weighted by atomic mass is 10.2. The van der Waals surface area contributed by atoms with Crippen molar-refractivity contribution < 1.29 is 0 Å². The van der Waals surface area contributed by atoms with Crippen molar-refractivity contribution in [1.29, 1.82) is 0 Å². The molecule has 0 spiro atoms. The van der Waals surface area contributed by atoms with Gasteiger partial charge in [-0.25, -0.2) is 0 Å². The Kier molecular flexibility index (Phi) is 3.80. The molecule has 2 saturated heterocycles. The van der Waals surface area contributed by atoms with E-state index in [1.807, 2.05) is 11.8 Å². The molecule has 98 valence electrons. The number of nitrogens with zero attached hydrogens (tertiary/aromatic N) is 2. The van der Waals surface area contributed by atoms with Gasteiger partial charge in [-0.05, 0) is 44.2 Å². The minimum Gasteiger partial charge on any atom is -0.369 e. The molecule has 0 N–H and O–H groups in total. The summed E-state index contributed by atoms with van der Waals surface area (Å²) in [5.41, 5.74) is 1.44. The number of anilines is 1. The minimum atomic E-state index is 0.794. The molecule has 0 amide bonds. The van der Waals surface area contributed by atoms with E-state index in [1.54, 1.807) is 0 Å². The van der Waals surface area contributed by atoms with Gasteiger partial charge >= 0.3 is 0 Å². The van der Waals surface area contributed by atoms with Crippen molar-refractivity contribution in [2.75, 3.05) is 37.3 Å². The van der Waals surface area contributed by atoms with Crippen LogP contribution in [0.3, 0.4) is 0 Å². The lowest BCUT2D eigenvalue weighted by Gasteiger charge is -2.28. The van der Waals surface area contributed by atoms with Crippen LogP contribution >= 0.6 is 11.8 Å². The average molecular weight is 262 g/mol. The van der Waals surface area contributed by atoms with E-state index in [1.165, 1.54) is 56.0 Å². The summed E-state index contributed by atoms with van der Waals surface area (Å²) in [6, 6.07) is 9.65. The Bertz CT molecular complexity index is 407. The molecule has 1 atom stereocenters. The fourth-order valence-electron chi connectivity index (χ4n) is 3.32. The van der Waals surface area contributed by atoms with E-state index in [0.29, 0.717) is 0 Å². The van der Waals surface area contributed by atoms with E-state index in [2.05, 4.69) is 40.3 Å². The van der Waals surface area contributed by atoms with E-state index in [9.17, 15) is 0 Å². The van der Waals surface area contributed by atoms with Gasteiger partial charge in [-0.3, -0.25) is 4.90 Å². The fourth-order valence-corrected chi connectivity index (χ4v) is 3.94. The van der Waals surface area contributed by atoms with Crippen LogP contribution in [0.4, 0.5) is 5.69 Å². The summed E-state index contributed by atoms with van der Waals surface area (Å²) in [5, 5.41) is 0. The molecular weight excluding hydrogens is 240 g/mol. The van der Waals surface area contributed by atoms with E-state index in [0.717, 1.165) is 6.04 Å². The summed E-state index contributed by atoms with van der Waals surface area (Å²) in [6.07, 6.45) is 6.26. The summed E-state index contributed by atoms with van der Waals surface area (Å²) in [7, 11) is 0. The molecular formula is C15H22N2S. The summed E-state index contributed by atoms with van der Waals surface area (Å²) in [5.74, 6) is 0. The van der Waals surface area contributed by atoms with E-state index in [4.69, 9.17) is 0 Å². The fraction of sp³-hybridized carbons (Fsp3) is 0.600. The number of rotatable bonds is 2. The van der Waals surface area contributed by atoms with Gasteiger partial charge in [0.2, 0.25) is 0 Å². The van der Waals surface area contributed by atoms with Crippen LogP contribution in [-0.2, 0) is 0 Å². The van der Waals surface area contributed by atoms with Gasteiger partial charge in [0.25, 0.3) is 0 Å². The first-order valence-electron chi connectivity index (χ1n) is 7.00. The van der Waals surface area contributed by atoms with Crippen LogP contribution in [0.15, 0.2) is 29.2 Å². The van der Waals surface area contributed by atoms with Crippen LogP contribution in [0.5, 0.6) is 0 Å². The molecule has 2 heterocycles. The molecule has 2 aliphatic rings. The highest BCUT2D eigenvalue weighted by atomic mass is 32.2. The zero-order chi connectivity index (χ0) is 12.4. The average Bonchev–Trinajstić information content (AvgIpc) is 2.76. The number of para-hydroxylation sites is 1. The second kappa shape index (κ2) is 5.54. The number of benzene rings is 1. The van der Waals surface area contributed by atoms with Crippen molar-refractivity contribution in [3.8, 4) is 0 Å². The van der Waals surface area contributed by atoms with Gasteiger partial charge in [-0.1, -0.05) is 12.1 Å². The Hall–Kier alpha value is -0.670. The monoisotopic (exact) mass is 262 g/mol. The minimum absolute atomic E-state index is 0.794. The second-order valence-electron chi connectivity index (χ2n) is 5.30. The topological polar surface area (TPSA) is 6.48 Å². The molecule has 0 aromatic heterocycles. The molecule has 0 bridgehead atoms. The second-order valence-corrected chi connectivity index (χ2v) is 6.15. The maximum absolute atomic E-state index is 2.70. The highest BCUT2D eigenvalue weighted by Gasteiger charge is 2.29. The Morgan fingerprint density at radius 2 is 1.94 bits per heavy atom. The van der Waals surface area contributed by atoms with Crippen LogP contribution in [-0.4, -0.2) is 43.4 Å². The third-order valence-corrected chi connectivity index (χ3v) is 5.01. The zero-order valence-electron chi connectivity index (χ0n) is 11.1.